The molecule has 0 radical (unpaired) electrons. The van der Waals surface area contributed by atoms with Gasteiger partial charge in [-0.25, -0.2) is 14.4 Å². The molecular weight excluding hydrogens is 486 g/mol. The Bertz CT molecular complexity index is 1360. The fourth-order valence-electron chi connectivity index (χ4n) is 3.38. The molecule has 0 aliphatic carbocycles. The Labute approximate surface area is 203 Å². The summed E-state index contributed by atoms with van der Waals surface area (Å²) in [6.07, 6.45) is 8.16. The number of nitrogens with zero attached hydrogens (tertiary/aromatic N) is 3. The molecule has 2 aliphatic heterocycles. The molecule has 0 fully saturated rings. The predicted octanol–water partition coefficient (Wildman–Crippen LogP) is 5.72. The Morgan fingerprint density at radius 3 is 2.85 bits per heavy atom. The monoisotopic (exact) mass is 502 g/mol. The smallest absolute Gasteiger partial charge is 0.164 e. The van der Waals surface area contributed by atoms with Crippen molar-refractivity contribution in [3.8, 4) is 11.5 Å². The van der Waals surface area contributed by atoms with Crippen LogP contribution in [0.15, 0.2) is 67.0 Å². The minimum absolute atomic E-state index is 0.120. The van der Waals surface area contributed by atoms with E-state index in [0.29, 0.717) is 40.6 Å². The summed E-state index contributed by atoms with van der Waals surface area (Å²) >= 11 is 11.9. The highest BCUT2D eigenvalue weighted by atomic mass is 35.5. The van der Waals surface area contributed by atoms with Gasteiger partial charge >= 0.3 is 0 Å². The molecule has 5 rings (SSSR count). The largest absolute Gasteiger partial charge is 0.493 e. The molecule has 0 unspecified atom stereocenters. The molecule has 0 saturated heterocycles. The van der Waals surface area contributed by atoms with Crippen LogP contribution < -0.4 is 14.8 Å². The van der Waals surface area contributed by atoms with E-state index < -0.39 is 5.82 Å². The standard InChI is InChI=1S/C23H17Cl2FN4O4/c1-31-21-4-15-19(27-12-28-23(15)29-20-6-17(25)16(24)5-18(20)26)7-22(21)34-11-14-8-30-2-3-32-9-13(30)10-33-14/h2-9,12H,10-11H2,1H3,(H,27,28,29). The van der Waals surface area contributed by atoms with Crippen molar-refractivity contribution in [2.24, 2.45) is 0 Å². The number of halogens is 3. The van der Waals surface area contributed by atoms with Gasteiger partial charge in [-0.05, 0) is 18.2 Å². The van der Waals surface area contributed by atoms with Crippen molar-refractivity contribution in [1.29, 1.82) is 0 Å². The molecule has 0 bridgehead atoms. The second-order valence-electron chi connectivity index (χ2n) is 7.22. The number of ether oxygens (including phenoxy) is 4. The normalized spacial score (nSPS) is 14.5. The first-order chi connectivity index (χ1) is 16.5. The molecule has 8 nitrogen and oxygen atoms in total. The van der Waals surface area contributed by atoms with Gasteiger partial charge in [-0.15, -0.1) is 0 Å². The highest BCUT2D eigenvalue weighted by Crippen LogP contribution is 2.36. The molecular formula is C23H17Cl2FN4O4. The third kappa shape index (κ3) is 4.40. The average molecular weight is 503 g/mol. The molecule has 1 aromatic heterocycles. The first-order valence-electron chi connectivity index (χ1n) is 10.0. The summed E-state index contributed by atoms with van der Waals surface area (Å²) < 4.78 is 36.7. The summed E-state index contributed by atoms with van der Waals surface area (Å²) in [5.41, 5.74) is 1.57. The van der Waals surface area contributed by atoms with Gasteiger partial charge in [-0.2, -0.15) is 0 Å². The number of aromatic nitrogens is 2. The highest BCUT2D eigenvalue weighted by molar-refractivity contribution is 6.42. The molecule has 2 aromatic carbocycles. The molecule has 0 amide bonds. The topological polar surface area (TPSA) is 78.0 Å². The van der Waals surface area contributed by atoms with E-state index in [4.69, 9.17) is 42.1 Å². The summed E-state index contributed by atoms with van der Waals surface area (Å²) in [5, 5.41) is 3.87. The first kappa shape index (κ1) is 22.1. The van der Waals surface area contributed by atoms with Crippen molar-refractivity contribution in [1.82, 2.24) is 14.9 Å². The zero-order chi connectivity index (χ0) is 23.7. The van der Waals surface area contributed by atoms with Gasteiger partial charge in [0.25, 0.3) is 0 Å². The Kier molecular flexibility index (Phi) is 6.04. The van der Waals surface area contributed by atoms with Crippen molar-refractivity contribution < 1.29 is 23.3 Å². The van der Waals surface area contributed by atoms with Crippen LogP contribution in [0.1, 0.15) is 0 Å². The van der Waals surface area contributed by atoms with E-state index in [1.807, 2.05) is 11.1 Å². The van der Waals surface area contributed by atoms with Gasteiger partial charge in [-0.1, -0.05) is 23.2 Å². The fourth-order valence-corrected chi connectivity index (χ4v) is 3.69. The summed E-state index contributed by atoms with van der Waals surface area (Å²) in [7, 11) is 1.52. The van der Waals surface area contributed by atoms with E-state index in [0.717, 1.165) is 11.8 Å². The molecule has 3 aromatic rings. The van der Waals surface area contributed by atoms with Crippen LogP contribution in [0.2, 0.25) is 10.0 Å². The van der Waals surface area contributed by atoms with Crippen molar-refractivity contribution in [2.75, 3.05) is 25.6 Å². The lowest BCUT2D eigenvalue weighted by Gasteiger charge is -2.28. The minimum Gasteiger partial charge on any atom is -0.493 e. The quantitative estimate of drug-likeness (QED) is 0.428. The molecule has 174 valence electrons. The Hall–Kier alpha value is -3.69. The number of fused-ring (bicyclic) bond motifs is 2. The summed E-state index contributed by atoms with van der Waals surface area (Å²) in [6, 6.07) is 5.96. The summed E-state index contributed by atoms with van der Waals surface area (Å²) in [6.45, 7) is 0.535. The van der Waals surface area contributed by atoms with E-state index in [2.05, 4.69) is 15.3 Å². The highest BCUT2D eigenvalue weighted by Gasteiger charge is 2.19. The van der Waals surface area contributed by atoms with Crippen LogP contribution in [-0.4, -0.2) is 35.2 Å². The van der Waals surface area contributed by atoms with Crippen LogP contribution in [0.4, 0.5) is 15.9 Å². The summed E-state index contributed by atoms with van der Waals surface area (Å²) in [4.78, 5) is 10.4. The van der Waals surface area contributed by atoms with Gasteiger partial charge in [0.15, 0.2) is 17.3 Å². The third-order valence-corrected chi connectivity index (χ3v) is 5.80. The van der Waals surface area contributed by atoms with Crippen molar-refractivity contribution in [2.45, 2.75) is 0 Å². The minimum atomic E-state index is -0.568. The zero-order valence-electron chi connectivity index (χ0n) is 17.7. The second-order valence-corrected chi connectivity index (χ2v) is 8.04. The van der Waals surface area contributed by atoms with Gasteiger partial charge in [0.1, 0.15) is 43.7 Å². The molecule has 0 atom stereocenters. The number of benzene rings is 2. The lowest BCUT2D eigenvalue weighted by Crippen LogP contribution is -2.24. The number of anilines is 2. The fraction of sp³-hybridized carbons (Fsp3) is 0.130. The van der Waals surface area contributed by atoms with Crippen LogP contribution in [0.25, 0.3) is 10.9 Å². The average Bonchev–Trinajstić information content (AvgIpc) is 2.85. The maximum Gasteiger partial charge on any atom is 0.164 e. The maximum atomic E-state index is 14.4. The van der Waals surface area contributed by atoms with Crippen LogP contribution in [0, 0.1) is 5.82 Å². The zero-order valence-corrected chi connectivity index (χ0v) is 19.2. The van der Waals surface area contributed by atoms with Crippen LogP contribution in [0.3, 0.4) is 0 Å². The van der Waals surface area contributed by atoms with Crippen LogP contribution >= 0.6 is 23.2 Å². The van der Waals surface area contributed by atoms with Gasteiger partial charge in [0, 0.05) is 17.7 Å². The molecule has 1 N–H and O–H groups in total. The molecule has 11 heteroatoms. The van der Waals surface area contributed by atoms with Crippen molar-refractivity contribution in [3.05, 3.63) is 82.8 Å². The van der Waals surface area contributed by atoms with Gasteiger partial charge in [0.05, 0.1) is 40.3 Å². The van der Waals surface area contributed by atoms with Gasteiger partial charge in [-0.3, -0.25) is 0 Å². The Morgan fingerprint density at radius 2 is 2.00 bits per heavy atom. The van der Waals surface area contributed by atoms with Gasteiger partial charge in [0.2, 0.25) is 0 Å². The van der Waals surface area contributed by atoms with E-state index in [9.17, 15) is 4.39 Å². The van der Waals surface area contributed by atoms with Crippen LogP contribution in [-0.2, 0) is 9.47 Å². The predicted molar refractivity (Wildman–Crippen MR) is 125 cm³/mol. The SMILES string of the molecule is COc1cc2c(Nc3cc(Cl)c(Cl)cc3F)ncnc2cc1OCC1=CN2C=COC=C2CO1. The molecule has 34 heavy (non-hydrogen) atoms. The third-order valence-electron chi connectivity index (χ3n) is 5.08. The Morgan fingerprint density at radius 1 is 1.15 bits per heavy atom. The summed E-state index contributed by atoms with van der Waals surface area (Å²) in [5.74, 6) is 1.34. The number of methoxy groups -OCH3 is 1. The molecule has 3 heterocycles. The number of hydrogen-bond acceptors (Lipinski definition) is 8. The van der Waals surface area contributed by atoms with E-state index in [1.165, 1.54) is 19.5 Å². The lowest BCUT2D eigenvalue weighted by molar-refractivity contribution is 0.146. The van der Waals surface area contributed by atoms with E-state index in [1.54, 1.807) is 30.9 Å². The molecule has 0 spiro atoms. The second kappa shape index (κ2) is 9.28. The van der Waals surface area contributed by atoms with E-state index in [-0.39, 0.29) is 22.3 Å². The van der Waals surface area contributed by atoms with Crippen molar-refractivity contribution >= 4 is 45.6 Å². The van der Waals surface area contributed by atoms with Crippen LogP contribution in [0.5, 0.6) is 11.5 Å². The molecule has 2 aliphatic rings. The first-order valence-corrected chi connectivity index (χ1v) is 10.8. The van der Waals surface area contributed by atoms with Crippen molar-refractivity contribution in [3.63, 3.8) is 0 Å². The molecule has 0 saturated carbocycles. The Balaban J connectivity index is 1.41. The maximum absolute atomic E-state index is 14.4. The number of rotatable bonds is 6. The lowest BCUT2D eigenvalue weighted by atomic mass is 10.2. The number of hydrogen-bond donors (Lipinski definition) is 1. The van der Waals surface area contributed by atoms with E-state index >= 15 is 0 Å². The number of nitrogens with one attached hydrogen (secondary N) is 1. The van der Waals surface area contributed by atoms with Gasteiger partial charge < -0.3 is 29.2 Å².